The Bertz CT molecular complexity index is 164. The molecule has 1 rings (SSSR count). The average molecular weight is 187 g/mol. The monoisotopic (exact) mass is 187 g/mol. The second kappa shape index (κ2) is 5.07. The Balaban J connectivity index is 2.14. The van der Waals surface area contributed by atoms with Gasteiger partial charge in [-0.1, -0.05) is 0 Å². The first-order chi connectivity index (χ1) is 6.22. The molecule has 0 spiro atoms. The van der Waals surface area contributed by atoms with Gasteiger partial charge in [-0.2, -0.15) is 0 Å². The zero-order valence-corrected chi connectivity index (χ0v) is 7.74. The summed E-state index contributed by atoms with van der Waals surface area (Å²) in [6.07, 6.45) is 3.42. The maximum absolute atomic E-state index is 10.3. The van der Waals surface area contributed by atoms with Gasteiger partial charge in [-0.05, 0) is 37.5 Å². The molecular formula is C9H17NO3. The van der Waals surface area contributed by atoms with Gasteiger partial charge in [-0.15, -0.1) is 0 Å². The molecule has 4 heteroatoms. The molecule has 0 aromatic heterocycles. The third-order valence-corrected chi connectivity index (χ3v) is 2.69. The number of hydrogen-bond donors (Lipinski definition) is 2. The summed E-state index contributed by atoms with van der Waals surface area (Å²) < 4.78 is 4.73. The van der Waals surface area contributed by atoms with Gasteiger partial charge in [-0.3, -0.25) is 0 Å². The SMILES string of the molecule is NC(=O)OCC1CCC(CO)CC1. The molecule has 13 heavy (non-hydrogen) atoms. The largest absolute Gasteiger partial charge is 0.449 e. The average Bonchev–Trinajstić information content (AvgIpc) is 2.15. The van der Waals surface area contributed by atoms with E-state index in [4.69, 9.17) is 15.6 Å². The molecule has 0 saturated heterocycles. The molecule has 1 saturated carbocycles. The Morgan fingerprint density at radius 1 is 1.31 bits per heavy atom. The Morgan fingerprint density at radius 2 is 1.85 bits per heavy atom. The molecule has 1 aliphatic carbocycles. The lowest BCUT2D eigenvalue weighted by atomic mass is 9.83. The standard InChI is InChI=1S/C9H17NO3/c10-9(12)13-6-8-3-1-7(5-11)2-4-8/h7-8,11H,1-6H2,(H2,10,12). The fourth-order valence-corrected chi connectivity index (χ4v) is 1.78. The van der Waals surface area contributed by atoms with Gasteiger partial charge in [-0.25, -0.2) is 4.79 Å². The predicted molar refractivity (Wildman–Crippen MR) is 48.1 cm³/mol. The molecule has 0 atom stereocenters. The van der Waals surface area contributed by atoms with Gasteiger partial charge >= 0.3 is 6.09 Å². The molecule has 0 unspecified atom stereocenters. The summed E-state index contributed by atoms with van der Waals surface area (Å²) in [7, 11) is 0. The number of rotatable bonds is 3. The fourth-order valence-electron chi connectivity index (χ4n) is 1.78. The lowest BCUT2D eigenvalue weighted by Gasteiger charge is -2.26. The molecule has 1 fully saturated rings. The van der Waals surface area contributed by atoms with Crippen molar-refractivity contribution in [2.45, 2.75) is 25.7 Å². The summed E-state index contributed by atoms with van der Waals surface area (Å²) in [6, 6.07) is 0. The van der Waals surface area contributed by atoms with Gasteiger partial charge in [0.25, 0.3) is 0 Å². The second-order valence-electron chi connectivity index (χ2n) is 3.70. The summed E-state index contributed by atoms with van der Waals surface area (Å²) in [5, 5.41) is 8.89. The first-order valence-corrected chi connectivity index (χ1v) is 4.75. The maximum Gasteiger partial charge on any atom is 0.404 e. The molecule has 0 aromatic carbocycles. The van der Waals surface area contributed by atoms with Gasteiger partial charge in [0.2, 0.25) is 0 Å². The van der Waals surface area contributed by atoms with Crippen molar-refractivity contribution in [2.75, 3.05) is 13.2 Å². The van der Waals surface area contributed by atoms with E-state index < -0.39 is 6.09 Å². The number of nitrogens with two attached hydrogens (primary N) is 1. The van der Waals surface area contributed by atoms with E-state index in [1.807, 2.05) is 0 Å². The van der Waals surface area contributed by atoms with Crippen molar-refractivity contribution >= 4 is 6.09 Å². The van der Waals surface area contributed by atoms with Crippen LogP contribution in [0.1, 0.15) is 25.7 Å². The van der Waals surface area contributed by atoms with Gasteiger partial charge < -0.3 is 15.6 Å². The topological polar surface area (TPSA) is 72.6 Å². The number of hydrogen-bond acceptors (Lipinski definition) is 3. The van der Waals surface area contributed by atoms with E-state index >= 15 is 0 Å². The lowest BCUT2D eigenvalue weighted by Crippen LogP contribution is -2.23. The van der Waals surface area contributed by atoms with E-state index in [1.54, 1.807) is 0 Å². The summed E-state index contributed by atoms with van der Waals surface area (Å²) in [4.78, 5) is 10.3. The van der Waals surface area contributed by atoms with E-state index in [2.05, 4.69) is 0 Å². The first-order valence-electron chi connectivity index (χ1n) is 4.75. The van der Waals surface area contributed by atoms with Crippen molar-refractivity contribution < 1.29 is 14.6 Å². The number of ether oxygens (including phenoxy) is 1. The van der Waals surface area contributed by atoms with Crippen molar-refractivity contribution in [3.63, 3.8) is 0 Å². The van der Waals surface area contributed by atoms with Crippen molar-refractivity contribution in [2.24, 2.45) is 17.6 Å². The van der Waals surface area contributed by atoms with E-state index in [-0.39, 0.29) is 6.61 Å². The van der Waals surface area contributed by atoms with E-state index in [1.165, 1.54) is 0 Å². The van der Waals surface area contributed by atoms with Crippen molar-refractivity contribution in [1.82, 2.24) is 0 Å². The van der Waals surface area contributed by atoms with Crippen molar-refractivity contribution in [1.29, 1.82) is 0 Å². The van der Waals surface area contributed by atoms with Gasteiger partial charge in [0.05, 0.1) is 6.61 Å². The van der Waals surface area contributed by atoms with Crippen LogP contribution in [-0.4, -0.2) is 24.4 Å². The van der Waals surface area contributed by atoms with E-state index in [0.717, 1.165) is 25.7 Å². The van der Waals surface area contributed by atoms with Crippen LogP contribution in [-0.2, 0) is 4.74 Å². The van der Waals surface area contributed by atoms with Crippen LogP contribution in [0.5, 0.6) is 0 Å². The summed E-state index contributed by atoms with van der Waals surface area (Å²) in [5.41, 5.74) is 4.86. The quantitative estimate of drug-likeness (QED) is 0.688. The van der Waals surface area contributed by atoms with Crippen molar-refractivity contribution in [3.05, 3.63) is 0 Å². The Kier molecular flexibility index (Phi) is 4.02. The van der Waals surface area contributed by atoms with Crippen LogP contribution < -0.4 is 5.73 Å². The maximum atomic E-state index is 10.3. The summed E-state index contributed by atoms with van der Waals surface area (Å²) >= 11 is 0. The van der Waals surface area contributed by atoms with Crippen LogP contribution in [0.25, 0.3) is 0 Å². The highest BCUT2D eigenvalue weighted by atomic mass is 16.5. The molecule has 0 aromatic rings. The molecule has 0 radical (unpaired) electrons. The number of carbonyl (C=O) groups is 1. The molecule has 76 valence electrons. The van der Waals surface area contributed by atoms with Crippen LogP contribution in [0.3, 0.4) is 0 Å². The molecule has 1 aliphatic rings. The second-order valence-corrected chi connectivity index (χ2v) is 3.70. The third-order valence-electron chi connectivity index (χ3n) is 2.69. The minimum absolute atomic E-state index is 0.281. The lowest BCUT2D eigenvalue weighted by molar-refractivity contribution is 0.104. The molecule has 0 aliphatic heterocycles. The van der Waals surface area contributed by atoms with Gasteiger partial charge in [0.15, 0.2) is 0 Å². The molecule has 0 heterocycles. The molecule has 4 nitrogen and oxygen atoms in total. The Morgan fingerprint density at radius 3 is 2.31 bits per heavy atom. The molecular weight excluding hydrogens is 170 g/mol. The van der Waals surface area contributed by atoms with Crippen LogP contribution >= 0.6 is 0 Å². The number of aliphatic hydroxyl groups excluding tert-OH is 1. The van der Waals surface area contributed by atoms with Crippen molar-refractivity contribution in [3.8, 4) is 0 Å². The van der Waals surface area contributed by atoms with E-state index in [9.17, 15) is 4.79 Å². The highest BCUT2D eigenvalue weighted by Gasteiger charge is 2.21. The highest BCUT2D eigenvalue weighted by Crippen LogP contribution is 2.28. The first kappa shape index (κ1) is 10.3. The molecule has 0 bridgehead atoms. The van der Waals surface area contributed by atoms with Gasteiger partial charge in [0, 0.05) is 6.61 Å². The summed E-state index contributed by atoms with van der Waals surface area (Å²) in [6.45, 7) is 0.719. The third kappa shape index (κ3) is 3.63. The Hall–Kier alpha value is -0.770. The fraction of sp³-hybridized carbons (Fsp3) is 0.889. The number of amides is 1. The minimum atomic E-state index is -0.690. The van der Waals surface area contributed by atoms with Crippen LogP contribution in [0.4, 0.5) is 4.79 Å². The Labute approximate surface area is 78.1 Å². The molecule has 3 N–H and O–H groups in total. The highest BCUT2D eigenvalue weighted by molar-refractivity contribution is 5.64. The van der Waals surface area contributed by atoms with Crippen LogP contribution in [0, 0.1) is 11.8 Å². The normalized spacial score (nSPS) is 28.4. The van der Waals surface area contributed by atoms with Crippen LogP contribution in [0.2, 0.25) is 0 Å². The van der Waals surface area contributed by atoms with Crippen LogP contribution in [0.15, 0.2) is 0 Å². The number of carbonyl (C=O) groups excluding carboxylic acids is 1. The zero-order chi connectivity index (χ0) is 9.68. The van der Waals surface area contributed by atoms with Gasteiger partial charge in [0.1, 0.15) is 0 Å². The summed E-state index contributed by atoms with van der Waals surface area (Å²) in [5.74, 6) is 0.889. The smallest absolute Gasteiger partial charge is 0.404 e. The minimum Gasteiger partial charge on any atom is -0.449 e. The number of primary amides is 1. The molecule has 1 amide bonds. The predicted octanol–water partition coefficient (Wildman–Crippen LogP) is 0.880. The number of aliphatic hydroxyl groups is 1. The van der Waals surface area contributed by atoms with E-state index in [0.29, 0.717) is 18.4 Å². The zero-order valence-electron chi connectivity index (χ0n) is 7.74.